The fourth-order valence-electron chi connectivity index (χ4n) is 3.26. The number of anilines is 1. The second kappa shape index (κ2) is 5.06. The first-order valence-electron chi connectivity index (χ1n) is 7.56. The van der Waals surface area contributed by atoms with Crippen LogP contribution in [0.4, 0.5) is 5.13 Å². The van der Waals surface area contributed by atoms with Crippen LogP contribution in [0.25, 0.3) is 0 Å². The minimum absolute atomic E-state index is 0.597. The van der Waals surface area contributed by atoms with Crippen molar-refractivity contribution in [3.63, 3.8) is 0 Å². The Hall–Kier alpha value is -0.610. The average Bonchev–Trinajstić information content (AvgIpc) is 3.13. The highest BCUT2D eigenvalue weighted by molar-refractivity contribution is 7.15. The molecule has 3 rings (SSSR count). The Morgan fingerprint density at radius 3 is 2.68 bits per heavy atom. The second-order valence-electron chi connectivity index (χ2n) is 6.49. The quantitative estimate of drug-likeness (QED) is 0.922. The number of aromatic nitrogens is 1. The maximum atomic E-state index is 5.90. The Morgan fingerprint density at radius 2 is 2.05 bits per heavy atom. The lowest BCUT2D eigenvalue weighted by molar-refractivity contribution is 0.297. The fraction of sp³-hybridized carbons (Fsp3) is 0.800. The summed E-state index contributed by atoms with van der Waals surface area (Å²) in [6.07, 6.45) is 3.94. The Bertz CT molecular complexity index is 452. The van der Waals surface area contributed by atoms with Gasteiger partial charge in [0.1, 0.15) is 0 Å². The topological polar surface area (TPSA) is 42.2 Å². The third-order valence-electron chi connectivity index (χ3n) is 4.71. The molecule has 2 heterocycles. The molecule has 106 valence electrons. The summed E-state index contributed by atoms with van der Waals surface area (Å²) in [5, 5.41) is 1.22. The lowest BCUT2D eigenvalue weighted by atomic mass is 9.86. The summed E-state index contributed by atoms with van der Waals surface area (Å²) in [5.41, 5.74) is 7.21. The van der Waals surface area contributed by atoms with Crippen LogP contribution in [-0.2, 0) is 6.54 Å². The molecule has 0 bridgehead atoms. The number of nitrogens with zero attached hydrogens (tertiary/aromatic N) is 2. The summed E-state index contributed by atoms with van der Waals surface area (Å²) < 4.78 is 0. The number of rotatable bonds is 3. The van der Waals surface area contributed by atoms with Crippen LogP contribution in [0.2, 0.25) is 0 Å². The van der Waals surface area contributed by atoms with Gasteiger partial charge in [-0.25, -0.2) is 4.98 Å². The van der Waals surface area contributed by atoms with E-state index in [1.54, 1.807) is 0 Å². The van der Waals surface area contributed by atoms with Crippen LogP contribution in [0.1, 0.15) is 56.5 Å². The maximum Gasteiger partial charge on any atom is 0.186 e. The van der Waals surface area contributed by atoms with E-state index in [0.717, 1.165) is 18.4 Å². The van der Waals surface area contributed by atoms with E-state index >= 15 is 0 Å². The first-order chi connectivity index (χ1) is 9.10. The zero-order valence-corrected chi connectivity index (χ0v) is 13.0. The van der Waals surface area contributed by atoms with E-state index in [9.17, 15) is 0 Å². The molecule has 3 nitrogen and oxygen atoms in total. The van der Waals surface area contributed by atoms with Gasteiger partial charge in [0.25, 0.3) is 0 Å². The van der Waals surface area contributed by atoms with Crippen molar-refractivity contribution < 1.29 is 0 Å². The molecule has 1 aromatic rings. The van der Waals surface area contributed by atoms with Crippen LogP contribution in [-0.4, -0.2) is 17.6 Å². The number of thiazole rings is 1. The van der Waals surface area contributed by atoms with E-state index in [4.69, 9.17) is 10.7 Å². The Balaban J connectivity index is 1.88. The zero-order valence-electron chi connectivity index (χ0n) is 12.2. The summed E-state index contributed by atoms with van der Waals surface area (Å²) in [6, 6.07) is 0.597. The molecule has 3 atom stereocenters. The van der Waals surface area contributed by atoms with Crippen LogP contribution >= 0.6 is 11.3 Å². The van der Waals surface area contributed by atoms with Gasteiger partial charge in [-0.15, -0.1) is 11.3 Å². The summed E-state index contributed by atoms with van der Waals surface area (Å²) in [7, 11) is 0. The average molecular weight is 279 g/mol. The third kappa shape index (κ3) is 2.52. The molecule has 0 spiro atoms. The molecule has 1 saturated carbocycles. The van der Waals surface area contributed by atoms with E-state index in [1.807, 2.05) is 11.3 Å². The van der Waals surface area contributed by atoms with Gasteiger partial charge in [0, 0.05) is 29.9 Å². The molecule has 0 aromatic carbocycles. The molecule has 2 fully saturated rings. The highest BCUT2D eigenvalue weighted by Crippen LogP contribution is 2.45. The lowest BCUT2D eigenvalue weighted by Crippen LogP contribution is -2.45. The van der Waals surface area contributed by atoms with Crippen LogP contribution < -0.4 is 10.6 Å². The van der Waals surface area contributed by atoms with Crippen molar-refractivity contribution in [3.05, 3.63) is 10.6 Å². The zero-order chi connectivity index (χ0) is 13.6. The maximum absolute atomic E-state index is 5.90. The van der Waals surface area contributed by atoms with Crippen molar-refractivity contribution in [1.29, 1.82) is 0 Å². The molecule has 3 unspecified atom stereocenters. The Morgan fingerprint density at radius 1 is 1.32 bits per heavy atom. The summed E-state index contributed by atoms with van der Waals surface area (Å²) in [5.74, 6) is 2.22. The molecule has 1 aromatic heterocycles. The van der Waals surface area contributed by atoms with E-state index < -0.39 is 0 Å². The minimum atomic E-state index is 0.597. The molecule has 1 saturated heterocycles. The molecule has 19 heavy (non-hydrogen) atoms. The number of hydrogen-bond acceptors (Lipinski definition) is 4. The van der Waals surface area contributed by atoms with Gasteiger partial charge in [-0.3, -0.25) is 0 Å². The van der Waals surface area contributed by atoms with Gasteiger partial charge in [-0.2, -0.15) is 0 Å². The van der Waals surface area contributed by atoms with Crippen molar-refractivity contribution in [3.8, 4) is 0 Å². The second-order valence-corrected chi connectivity index (χ2v) is 7.56. The van der Waals surface area contributed by atoms with Crippen molar-refractivity contribution in [2.24, 2.45) is 17.6 Å². The van der Waals surface area contributed by atoms with Crippen molar-refractivity contribution in [2.45, 2.75) is 58.5 Å². The highest BCUT2D eigenvalue weighted by Gasteiger charge is 2.34. The first-order valence-corrected chi connectivity index (χ1v) is 8.38. The van der Waals surface area contributed by atoms with E-state index in [-0.39, 0.29) is 0 Å². The highest BCUT2D eigenvalue weighted by atomic mass is 32.1. The third-order valence-corrected chi connectivity index (χ3v) is 5.84. The predicted octanol–water partition coefficient (Wildman–Crippen LogP) is 3.35. The molecule has 2 aliphatic rings. The van der Waals surface area contributed by atoms with Gasteiger partial charge in [0.2, 0.25) is 0 Å². The predicted molar refractivity (Wildman–Crippen MR) is 81.7 cm³/mol. The van der Waals surface area contributed by atoms with Gasteiger partial charge < -0.3 is 10.6 Å². The normalized spacial score (nSPS) is 31.8. The molecule has 1 aliphatic carbocycles. The van der Waals surface area contributed by atoms with Crippen LogP contribution in [0.3, 0.4) is 0 Å². The molecule has 0 radical (unpaired) electrons. The number of piperidine rings is 1. The van der Waals surface area contributed by atoms with Crippen molar-refractivity contribution in [1.82, 2.24) is 4.98 Å². The van der Waals surface area contributed by atoms with Gasteiger partial charge in [-0.05, 0) is 38.0 Å². The van der Waals surface area contributed by atoms with Gasteiger partial charge in [-0.1, -0.05) is 13.8 Å². The van der Waals surface area contributed by atoms with Crippen molar-refractivity contribution in [2.75, 3.05) is 11.4 Å². The molecule has 1 aliphatic heterocycles. The standard InChI is InChI=1S/C15H25N3S/c1-9-6-10(2)11(3)18(8-9)15-17-14(12-4-5-12)13(7-16)19-15/h9-12H,4-8,16H2,1-3H3. The minimum Gasteiger partial charge on any atom is -0.345 e. The van der Waals surface area contributed by atoms with E-state index in [0.29, 0.717) is 18.5 Å². The Labute approximate surface area is 120 Å². The lowest BCUT2D eigenvalue weighted by Gasteiger charge is -2.41. The molecule has 0 amide bonds. The number of hydrogen-bond donors (Lipinski definition) is 1. The largest absolute Gasteiger partial charge is 0.345 e. The smallest absolute Gasteiger partial charge is 0.186 e. The van der Waals surface area contributed by atoms with Crippen molar-refractivity contribution >= 4 is 16.5 Å². The Kier molecular flexibility index (Phi) is 3.56. The van der Waals surface area contributed by atoms with Crippen LogP contribution in [0, 0.1) is 11.8 Å². The fourth-order valence-corrected chi connectivity index (χ4v) is 4.39. The molecule has 4 heteroatoms. The summed E-state index contributed by atoms with van der Waals surface area (Å²) in [4.78, 5) is 8.79. The van der Waals surface area contributed by atoms with E-state index in [2.05, 4.69) is 25.7 Å². The monoisotopic (exact) mass is 279 g/mol. The molecular weight excluding hydrogens is 254 g/mol. The summed E-state index contributed by atoms with van der Waals surface area (Å²) in [6.45, 7) is 8.86. The van der Waals surface area contributed by atoms with Gasteiger partial charge in [0.15, 0.2) is 5.13 Å². The van der Waals surface area contributed by atoms with Gasteiger partial charge >= 0.3 is 0 Å². The van der Waals surface area contributed by atoms with Gasteiger partial charge in [0.05, 0.1) is 5.69 Å². The van der Waals surface area contributed by atoms with E-state index in [1.165, 1.54) is 35.0 Å². The first kappa shape index (κ1) is 13.4. The SMILES string of the molecule is CC1CC(C)C(C)N(c2nc(C3CC3)c(CN)s2)C1. The molecule has 2 N–H and O–H groups in total. The van der Waals surface area contributed by atoms with Crippen LogP contribution in [0.15, 0.2) is 0 Å². The molecular formula is C15H25N3S. The van der Waals surface area contributed by atoms with Crippen LogP contribution in [0.5, 0.6) is 0 Å². The summed E-state index contributed by atoms with van der Waals surface area (Å²) >= 11 is 1.83. The number of nitrogens with two attached hydrogens (primary N) is 1.